The monoisotopic (exact) mass is 614 g/mol. The van der Waals surface area contributed by atoms with Gasteiger partial charge in [-0.25, -0.2) is 14.6 Å². The number of aryl methyl sites for hydroxylation is 1. The van der Waals surface area contributed by atoms with Crippen LogP contribution in [0.2, 0.25) is 0 Å². The first-order valence-electron chi connectivity index (χ1n) is 14.4. The average molecular weight is 615 g/mol. The number of unbranched alkanes of at least 4 members (excludes halogenated alkanes) is 1. The predicted molar refractivity (Wildman–Crippen MR) is 165 cm³/mol. The quantitative estimate of drug-likeness (QED) is 0.161. The highest BCUT2D eigenvalue weighted by Crippen LogP contribution is 2.40. The van der Waals surface area contributed by atoms with E-state index in [0.717, 1.165) is 12.8 Å². The van der Waals surface area contributed by atoms with E-state index in [1.165, 1.54) is 13.2 Å². The summed E-state index contributed by atoms with van der Waals surface area (Å²) < 4.78 is 30.2. The Hall–Kier alpha value is -5.45. The van der Waals surface area contributed by atoms with Crippen LogP contribution in [0, 0.1) is 0 Å². The molecular weight excluding hydrogens is 580 g/mol. The summed E-state index contributed by atoms with van der Waals surface area (Å²) in [6, 6.07) is 15.4. The minimum absolute atomic E-state index is 0.0127. The Labute approximate surface area is 260 Å². The van der Waals surface area contributed by atoms with Gasteiger partial charge in [0.1, 0.15) is 23.9 Å². The van der Waals surface area contributed by atoms with Crippen LogP contribution < -0.4 is 23.7 Å². The van der Waals surface area contributed by atoms with E-state index < -0.39 is 11.9 Å². The molecule has 5 rings (SSSR count). The van der Waals surface area contributed by atoms with Crippen LogP contribution in [0.3, 0.4) is 0 Å². The molecule has 0 unspecified atom stereocenters. The van der Waals surface area contributed by atoms with Gasteiger partial charge in [0.25, 0.3) is 0 Å². The number of aliphatic carboxylic acids is 1. The van der Waals surface area contributed by atoms with Crippen molar-refractivity contribution in [1.82, 2.24) is 9.55 Å². The van der Waals surface area contributed by atoms with Crippen LogP contribution in [-0.2, 0) is 24.4 Å². The number of carbonyl (C=O) groups is 2. The number of aromatic carboxylic acids is 1. The SMILES string of the molecule is CCCCn1cnc(C=C(Cc2cc3c(cc2OC)OCO3)C(=O)O)c1-c1ccc(OC)cc1OCc1ccccc1C(=O)O. The molecule has 2 N–H and O–H groups in total. The van der Waals surface area contributed by atoms with E-state index in [2.05, 4.69) is 11.9 Å². The highest BCUT2D eigenvalue weighted by molar-refractivity contribution is 5.94. The molecule has 1 aliphatic rings. The van der Waals surface area contributed by atoms with Crippen molar-refractivity contribution >= 4 is 18.0 Å². The van der Waals surface area contributed by atoms with Crippen LogP contribution in [0.15, 0.2) is 66.5 Å². The summed E-state index contributed by atoms with van der Waals surface area (Å²) in [4.78, 5) is 29.0. The lowest BCUT2D eigenvalue weighted by Gasteiger charge is -2.17. The van der Waals surface area contributed by atoms with E-state index in [-0.39, 0.29) is 31.0 Å². The van der Waals surface area contributed by atoms with Gasteiger partial charge in [0.05, 0.1) is 37.5 Å². The number of benzene rings is 3. The molecule has 0 atom stereocenters. The van der Waals surface area contributed by atoms with Gasteiger partial charge in [-0.2, -0.15) is 0 Å². The Morgan fingerprint density at radius 3 is 2.47 bits per heavy atom. The van der Waals surface area contributed by atoms with Gasteiger partial charge in [-0.05, 0) is 36.8 Å². The highest BCUT2D eigenvalue weighted by Gasteiger charge is 2.23. The van der Waals surface area contributed by atoms with Gasteiger partial charge in [0.15, 0.2) is 11.5 Å². The first-order valence-corrected chi connectivity index (χ1v) is 14.4. The molecule has 1 aliphatic heterocycles. The molecule has 0 bridgehead atoms. The van der Waals surface area contributed by atoms with Crippen LogP contribution in [0.1, 0.15) is 46.9 Å². The molecule has 1 aromatic heterocycles. The molecule has 4 aromatic rings. The second kappa shape index (κ2) is 13.9. The highest BCUT2D eigenvalue weighted by atomic mass is 16.7. The van der Waals surface area contributed by atoms with Crippen molar-refractivity contribution in [2.45, 2.75) is 39.3 Å². The van der Waals surface area contributed by atoms with Crippen molar-refractivity contribution in [1.29, 1.82) is 0 Å². The van der Waals surface area contributed by atoms with E-state index in [1.807, 2.05) is 10.6 Å². The van der Waals surface area contributed by atoms with Crippen LogP contribution in [0.5, 0.6) is 28.7 Å². The third-order valence-electron chi connectivity index (χ3n) is 7.44. The molecule has 0 saturated heterocycles. The van der Waals surface area contributed by atoms with E-state index in [9.17, 15) is 19.8 Å². The molecule has 0 radical (unpaired) electrons. The second-order valence-corrected chi connectivity index (χ2v) is 10.3. The van der Waals surface area contributed by atoms with Crippen molar-refractivity contribution in [2.24, 2.45) is 0 Å². The topological polar surface area (TPSA) is 139 Å². The number of rotatable bonds is 14. The molecule has 0 spiro atoms. The van der Waals surface area contributed by atoms with Crippen LogP contribution in [0.4, 0.5) is 0 Å². The summed E-state index contributed by atoms with van der Waals surface area (Å²) in [6.45, 7) is 2.79. The molecule has 0 aliphatic carbocycles. The molecule has 0 saturated carbocycles. The molecule has 3 aromatic carbocycles. The van der Waals surface area contributed by atoms with Crippen molar-refractivity contribution in [3.63, 3.8) is 0 Å². The maximum absolute atomic E-state index is 12.6. The number of nitrogens with zero attached hydrogens (tertiary/aromatic N) is 2. The molecule has 0 fully saturated rings. The van der Waals surface area contributed by atoms with Crippen molar-refractivity contribution in [3.05, 3.63) is 88.9 Å². The fraction of sp³-hybridized carbons (Fsp3) is 0.265. The lowest BCUT2D eigenvalue weighted by atomic mass is 10.0. The normalized spacial score (nSPS) is 12.2. The van der Waals surface area contributed by atoms with Crippen LogP contribution in [-0.4, -0.2) is 52.7 Å². The number of hydrogen-bond acceptors (Lipinski definition) is 8. The lowest BCUT2D eigenvalue weighted by molar-refractivity contribution is -0.132. The second-order valence-electron chi connectivity index (χ2n) is 10.3. The molecular formula is C34H34N2O9. The maximum atomic E-state index is 12.6. The summed E-state index contributed by atoms with van der Waals surface area (Å²) in [7, 11) is 3.06. The van der Waals surface area contributed by atoms with Gasteiger partial charge < -0.3 is 38.5 Å². The average Bonchev–Trinajstić information content (AvgIpc) is 3.68. The van der Waals surface area contributed by atoms with E-state index in [1.54, 1.807) is 62.0 Å². The number of carboxylic acids is 2. The predicted octanol–water partition coefficient (Wildman–Crippen LogP) is 6.08. The van der Waals surface area contributed by atoms with Crippen LogP contribution >= 0.6 is 0 Å². The van der Waals surface area contributed by atoms with E-state index in [4.69, 9.17) is 23.7 Å². The Bertz CT molecular complexity index is 1740. The smallest absolute Gasteiger partial charge is 0.336 e. The Morgan fingerprint density at radius 1 is 0.978 bits per heavy atom. The Morgan fingerprint density at radius 2 is 1.76 bits per heavy atom. The first-order chi connectivity index (χ1) is 21.8. The summed E-state index contributed by atoms with van der Waals surface area (Å²) in [5.41, 5.74) is 3.09. The van der Waals surface area contributed by atoms with Gasteiger partial charge in [-0.15, -0.1) is 0 Å². The minimum atomic E-state index is -1.11. The summed E-state index contributed by atoms with van der Waals surface area (Å²) in [6.07, 6.45) is 5.08. The largest absolute Gasteiger partial charge is 0.497 e. The van der Waals surface area contributed by atoms with Crippen molar-refractivity contribution < 1.29 is 43.5 Å². The molecule has 45 heavy (non-hydrogen) atoms. The maximum Gasteiger partial charge on any atom is 0.336 e. The fourth-order valence-electron chi connectivity index (χ4n) is 5.10. The summed E-state index contributed by atoms with van der Waals surface area (Å²) in [5, 5.41) is 19.9. The Balaban J connectivity index is 1.58. The third-order valence-corrected chi connectivity index (χ3v) is 7.44. The molecule has 2 heterocycles. The number of aromatic nitrogens is 2. The summed E-state index contributed by atoms with van der Waals surface area (Å²) >= 11 is 0. The number of imidazole rings is 1. The standard InChI is InChI=1S/C34H34N2O9/c1-4-5-12-36-19-35-27(14-23(33(37)38)13-22-15-30-31(45-20-44-30)17-28(22)42-3)32(36)26-11-10-24(41-2)16-29(26)43-18-21-8-6-7-9-25(21)34(39)40/h6-11,14-17,19H,4-5,12-13,18,20H2,1-3H3,(H,37,38)(H,39,40). The zero-order valence-corrected chi connectivity index (χ0v) is 25.2. The first kappa shape index (κ1) is 31.0. The number of hydrogen-bond donors (Lipinski definition) is 2. The number of carboxylic acid groups (broad SMARTS) is 2. The van der Waals surface area contributed by atoms with Gasteiger partial charge in [-0.1, -0.05) is 31.5 Å². The number of fused-ring (bicyclic) bond motifs is 1. The summed E-state index contributed by atoms with van der Waals surface area (Å²) in [5.74, 6) is 0.337. The van der Waals surface area contributed by atoms with Gasteiger partial charge in [0, 0.05) is 47.4 Å². The Kier molecular flexibility index (Phi) is 9.57. The molecule has 0 amide bonds. The van der Waals surface area contributed by atoms with Crippen molar-refractivity contribution in [2.75, 3.05) is 21.0 Å². The number of methoxy groups -OCH3 is 2. The number of ether oxygens (including phenoxy) is 5. The zero-order valence-electron chi connectivity index (χ0n) is 25.2. The fourth-order valence-corrected chi connectivity index (χ4v) is 5.10. The van der Waals surface area contributed by atoms with Gasteiger partial charge in [-0.3, -0.25) is 0 Å². The molecule has 11 nitrogen and oxygen atoms in total. The lowest BCUT2D eigenvalue weighted by Crippen LogP contribution is -2.07. The minimum Gasteiger partial charge on any atom is -0.497 e. The molecule has 11 heteroatoms. The van der Waals surface area contributed by atoms with E-state index >= 15 is 0 Å². The van der Waals surface area contributed by atoms with Crippen molar-refractivity contribution in [3.8, 4) is 40.0 Å². The van der Waals surface area contributed by atoms with Gasteiger partial charge in [0.2, 0.25) is 6.79 Å². The molecule has 234 valence electrons. The van der Waals surface area contributed by atoms with E-state index in [0.29, 0.717) is 63.4 Å². The van der Waals surface area contributed by atoms with Crippen LogP contribution in [0.25, 0.3) is 17.3 Å². The third kappa shape index (κ3) is 6.87. The van der Waals surface area contributed by atoms with Gasteiger partial charge >= 0.3 is 11.9 Å². The zero-order chi connectivity index (χ0) is 31.9.